The summed E-state index contributed by atoms with van der Waals surface area (Å²) in [5.74, 6) is 0.943. The molecule has 4 nitrogen and oxygen atoms in total. The zero-order valence-electron chi connectivity index (χ0n) is 10.4. The maximum atomic E-state index is 13.3. The Bertz CT molecular complexity index is 753. The topological polar surface area (TPSA) is 50.7 Å². The van der Waals surface area contributed by atoms with Crippen molar-refractivity contribution in [2.75, 3.05) is 12.4 Å². The predicted octanol–water partition coefficient (Wildman–Crippen LogP) is 3.24. The van der Waals surface area contributed by atoms with E-state index < -0.39 is 0 Å². The number of benzene rings is 1. The molecule has 1 aromatic carbocycles. The van der Waals surface area contributed by atoms with E-state index in [2.05, 4.69) is 20.3 Å². The first-order chi connectivity index (χ1) is 9.17. The van der Waals surface area contributed by atoms with Crippen molar-refractivity contribution in [2.24, 2.45) is 0 Å². The van der Waals surface area contributed by atoms with Crippen molar-refractivity contribution >= 4 is 28.1 Å². The summed E-state index contributed by atoms with van der Waals surface area (Å²) in [7, 11) is 1.78. The van der Waals surface area contributed by atoms with Crippen LogP contribution in [0.15, 0.2) is 24.4 Å². The fourth-order valence-electron chi connectivity index (χ4n) is 1.87. The van der Waals surface area contributed by atoms with Gasteiger partial charge in [-0.1, -0.05) is 0 Å². The molecule has 96 valence electrons. The van der Waals surface area contributed by atoms with Gasteiger partial charge in [-0.3, -0.25) is 0 Å². The molecule has 2 heterocycles. The molecule has 2 aromatic heterocycles. The SMILES string of the molecule is CNc1nc(-c2cnc(C)s2)nc2cc(F)ccc12. The summed E-state index contributed by atoms with van der Waals surface area (Å²) in [5.41, 5.74) is 0.584. The van der Waals surface area contributed by atoms with E-state index in [0.29, 0.717) is 17.2 Å². The Kier molecular flexibility index (Phi) is 2.87. The zero-order valence-corrected chi connectivity index (χ0v) is 11.3. The molecule has 0 spiro atoms. The van der Waals surface area contributed by atoms with E-state index in [4.69, 9.17) is 0 Å². The Morgan fingerprint density at radius 1 is 1.26 bits per heavy atom. The largest absolute Gasteiger partial charge is 0.373 e. The van der Waals surface area contributed by atoms with Gasteiger partial charge in [0.25, 0.3) is 0 Å². The Hall–Kier alpha value is -2.08. The van der Waals surface area contributed by atoms with Crippen molar-refractivity contribution in [3.05, 3.63) is 35.2 Å². The number of halogens is 1. The number of anilines is 1. The summed E-state index contributed by atoms with van der Waals surface area (Å²) in [6.45, 7) is 1.92. The molecule has 0 atom stereocenters. The first-order valence-corrected chi connectivity index (χ1v) is 6.57. The minimum Gasteiger partial charge on any atom is -0.373 e. The first kappa shape index (κ1) is 12.0. The summed E-state index contributed by atoms with van der Waals surface area (Å²) in [4.78, 5) is 13.9. The number of nitrogens with one attached hydrogen (secondary N) is 1. The molecule has 0 radical (unpaired) electrons. The van der Waals surface area contributed by atoms with Crippen molar-refractivity contribution < 1.29 is 4.39 Å². The van der Waals surface area contributed by atoms with E-state index in [0.717, 1.165) is 15.3 Å². The third-order valence-corrected chi connectivity index (χ3v) is 3.65. The van der Waals surface area contributed by atoms with Crippen molar-refractivity contribution in [3.8, 4) is 10.7 Å². The highest BCUT2D eigenvalue weighted by Crippen LogP contribution is 2.28. The maximum absolute atomic E-state index is 13.3. The van der Waals surface area contributed by atoms with Gasteiger partial charge in [-0.25, -0.2) is 19.3 Å². The third kappa shape index (κ3) is 2.15. The molecule has 0 unspecified atom stereocenters. The number of thiazole rings is 1. The van der Waals surface area contributed by atoms with Crippen LogP contribution in [0.3, 0.4) is 0 Å². The molecule has 0 aliphatic rings. The number of nitrogens with zero attached hydrogens (tertiary/aromatic N) is 3. The van der Waals surface area contributed by atoms with Gasteiger partial charge in [-0.2, -0.15) is 0 Å². The number of aryl methyl sites for hydroxylation is 1. The standard InChI is InChI=1S/C13H11FN4S/c1-7-16-6-11(19-7)13-17-10-5-8(14)3-4-9(10)12(15-2)18-13/h3-6H,1-2H3,(H,15,17,18). The monoisotopic (exact) mass is 274 g/mol. The molecule has 19 heavy (non-hydrogen) atoms. The van der Waals surface area contributed by atoms with Crippen LogP contribution in [0, 0.1) is 12.7 Å². The van der Waals surface area contributed by atoms with Crippen molar-refractivity contribution in [2.45, 2.75) is 6.92 Å². The third-order valence-electron chi connectivity index (χ3n) is 2.74. The van der Waals surface area contributed by atoms with Gasteiger partial charge >= 0.3 is 0 Å². The van der Waals surface area contributed by atoms with Gasteiger partial charge in [-0.05, 0) is 19.1 Å². The van der Waals surface area contributed by atoms with Gasteiger partial charge < -0.3 is 5.32 Å². The molecule has 6 heteroatoms. The summed E-state index contributed by atoms with van der Waals surface area (Å²) in [5, 5.41) is 4.77. The molecule has 0 bridgehead atoms. The molecule has 0 fully saturated rings. The van der Waals surface area contributed by atoms with Crippen LogP contribution >= 0.6 is 11.3 Å². The lowest BCUT2D eigenvalue weighted by Crippen LogP contribution is -1.98. The minimum atomic E-state index is -0.306. The molecule has 0 saturated carbocycles. The highest BCUT2D eigenvalue weighted by atomic mass is 32.1. The van der Waals surface area contributed by atoms with Gasteiger partial charge in [0.2, 0.25) is 0 Å². The highest BCUT2D eigenvalue weighted by molar-refractivity contribution is 7.14. The number of hydrogen-bond donors (Lipinski definition) is 1. The van der Waals surface area contributed by atoms with E-state index in [1.807, 2.05) is 6.92 Å². The minimum absolute atomic E-state index is 0.306. The highest BCUT2D eigenvalue weighted by Gasteiger charge is 2.11. The first-order valence-electron chi connectivity index (χ1n) is 5.75. The fraction of sp³-hybridized carbons (Fsp3) is 0.154. The van der Waals surface area contributed by atoms with Crippen molar-refractivity contribution in [1.82, 2.24) is 15.0 Å². The van der Waals surface area contributed by atoms with Gasteiger partial charge in [0.1, 0.15) is 11.6 Å². The Morgan fingerprint density at radius 3 is 2.79 bits per heavy atom. The number of aromatic nitrogens is 3. The van der Waals surface area contributed by atoms with Crippen LogP contribution in [0.5, 0.6) is 0 Å². The quantitative estimate of drug-likeness (QED) is 0.779. The Balaban J connectivity index is 2.26. The maximum Gasteiger partial charge on any atom is 0.173 e. The van der Waals surface area contributed by atoms with E-state index in [1.54, 1.807) is 19.3 Å². The van der Waals surface area contributed by atoms with E-state index >= 15 is 0 Å². The molecular weight excluding hydrogens is 263 g/mol. The van der Waals surface area contributed by atoms with E-state index in [9.17, 15) is 4.39 Å². The Labute approximate surface area is 113 Å². The smallest absolute Gasteiger partial charge is 0.173 e. The molecule has 0 aliphatic carbocycles. The zero-order chi connectivity index (χ0) is 13.4. The lowest BCUT2D eigenvalue weighted by molar-refractivity contribution is 0.629. The van der Waals surface area contributed by atoms with Crippen LogP contribution in [-0.2, 0) is 0 Å². The molecule has 3 aromatic rings. The second-order valence-corrected chi connectivity index (χ2v) is 5.29. The molecule has 1 N–H and O–H groups in total. The van der Waals surface area contributed by atoms with Gasteiger partial charge in [0.05, 0.1) is 15.4 Å². The summed E-state index contributed by atoms with van der Waals surface area (Å²) >= 11 is 1.52. The normalized spacial score (nSPS) is 10.9. The van der Waals surface area contributed by atoms with Crippen LogP contribution in [-0.4, -0.2) is 22.0 Å². The number of fused-ring (bicyclic) bond motifs is 1. The summed E-state index contributed by atoms with van der Waals surface area (Å²) in [6.07, 6.45) is 1.74. The molecule has 3 rings (SSSR count). The van der Waals surface area contributed by atoms with E-state index in [1.165, 1.54) is 23.5 Å². The van der Waals surface area contributed by atoms with Gasteiger partial charge in [0, 0.05) is 24.7 Å². The average molecular weight is 274 g/mol. The molecular formula is C13H11FN4S. The average Bonchev–Trinajstić information content (AvgIpc) is 2.83. The number of hydrogen-bond acceptors (Lipinski definition) is 5. The summed E-state index contributed by atoms with van der Waals surface area (Å²) in [6, 6.07) is 4.50. The molecule has 0 amide bonds. The second-order valence-electron chi connectivity index (χ2n) is 4.05. The lowest BCUT2D eigenvalue weighted by atomic mass is 10.2. The second kappa shape index (κ2) is 4.55. The number of rotatable bonds is 2. The van der Waals surface area contributed by atoms with Crippen molar-refractivity contribution in [1.29, 1.82) is 0 Å². The molecule has 0 aliphatic heterocycles. The predicted molar refractivity (Wildman–Crippen MR) is 74.9 cm³/mol. The van der Waals surface area contributed by atoms with Crippen molar-refractivity contribution in [3.63, 3.8) is 0 Å². The van der Waals surface area contributed by atoms with Crippen LogP contribution in [0.2, 0.25) is 0 Å². The van der Waals surface area contributed by atoms with Crippen LogP contribution in [0.1, 0.15) is 5.01 Å². The van der Waals surface area contributed by atoms with Crippen LogP contribution in [0.4, 0.5) is 10.2 Å². The van der Waals surface area contributed by atoms with Crippen LogP contribution in [0.25, 0.3) is 21.6 Å². The fourth-order valence-corrected chi connectivity index (χ4v) is 2.58. The van der Waals surface area contributed by atoms with Gasteiger partial charge in [0.15, 0.2) is 5.82 Å². The summed E-state index contributed by atoms with van der Waals surface area (Å²) < 4.78 is 13.3. The lowest BCUT2D eigenvalue weighted by Gasteiger charge is -2.06. The van der Waals surface area contributed by atoms with Gasteiger partial charge in [-0.15, -0.1) is 11.3 Å². The van der Waals surface area contributed by atoms with Crippen LogP contribution < -0.4 is 5.32 Å². The Morgan fingerprint density at radius 2 is 2.11 bits per heavy atom. The van der Waals surface area contributed by atoms with E-state index in [-0.39, 0.29) is 5.82 Å². The molecule has 0 saturated heterocycles.